The third-order valence-corrected chi connectivity index (χ3v) is 11.2. The topological polar surface area (TPSA) is 116 Å². The number of carbonyl (C=O) groups is 2. The van der Waals surface area contributed by atoms with Gasteiger partial charge in [-0.3, -0.25) is 14.3 Å². The van der Waals surface area contributed by atoms with Crippen molar-refractivity contribution in [1.82, 2.24) is 20.4 Å². The molecule has 2 bridgehead atoms. The van der Waals surface area contributed by atoms with Gasteiger partial charge in [-0.1, -0.05) is 56.6 Å². The van der Waals surface area contributed by atoms with E-state index in [4.69, 9.17) is 25.7 Å². The van der Waals surface area contributed by atoms with Gasteiger partial charge < -0.3 is 24.8 Å². The molecule has 47 heavy (non-hydrogen) atoms. The number of nitrogens with zero attached hydrogens (tertiary/aromatic N) is 3. The van der Waals surface area contributed by atoms with E-state index in [1.807, 2.05) is 39.0 Å². The molecule has 12 heteroatoms. The number of oxime groups is 1. The summed E-state index contributed by atoms with van der Waals surface area (Å²) in [4.78, 5) is 33.7. The monoisotopic (exact) mass is 665 g/mol. The molecule has 1 aromatic heterocycles. The van der Waals surface area contributed by atoms with E-state index < -0.39 is 12.7 Å². The second-order valence-electron chi connectivity index (χ2n) is 15.7. The van der Waals surface area contributed by atoms with Gasteiger partial charge in [-0.05, 0) is 93.9 Å². The quantitative estimate of drug-likeness (QED) is 0.297. The first-order chi connectivity index (χ1) is 22.1. The predicted octanol–water partition coefficient (Wildman–Crippen LogP) is 5.71. The van der Waals surface area contributed by atoms with Gasteiger partial charge in [0.2, 0.25) is 5.60 Å². The van der Waals surface area contributed by atoms with Crippen LogP contribution in [0.1, 0.15) is 102 Å². The molecule has 7 rings (SSSR count). The minimum atomic E-state index is -1.34. The van der Waals surface area contributed by atoms with Crippen LogP contribution in [0.25, 0.3) is 0 Å². The molecule has 6 atom stereocenters. The van der Waals surface area contributed by atoms with Crippen molar-refractivity contribution in [2.45, 2.75) is 117 Å². The minimum Gasteiger partial charge on any atom is -0.404 e. The Kier molecular flexibility index (Phi) is 9.06. The van der Waals surface area contributed by atoms with Crippen LogP contribution < -0.4 is 10.6 Å². The van der Waals surface area contributed by atoms with E-state index in [1.54, 1.807) is 16.8 Å². The van der Waals surface area contributed by atoms with E-state index in [9.17, 15) is 9.59 Å². The fourth-order valence-electron chi connectivity index (χ4n) is 8.38. The standard InChI is InChI=1S/C35H49BClN5O5/c1-20(2)12-30(36-45-29-16-24-15-28(33(24,6)7)34(29,8)46-36)39-32(44)35(17-23-10-9-11-25(37)14-23)18-26(41-47-35)19-38-31(43)27-13-22(5)40-42(27)21(3)4/h9-11,13-14,20-21,24,28-30H,12,15-19H2,1-8H3,(H,38,43)(H,39,44)/t24-,28-,29+,30-,34-,35?/m0/s1. The van der Waals surface area contributed by atoms with E-state index in [0.717, 1.165) is 24.1 Å². The third kappa shape index (κ3) is 6.35. The molecule has 10 nitrogen and oxygen atoms in total. The van der Waals surface area contributed by atoms with Gasteiger partial charge >= 0.3 is 7.12 Å². The van der Waals surface area contributed by atoms with E-state index in [2.05, 4.69) is 55.5 Å². The lowest BCUT2D eigenvalue weighted by Crippen LogP contribution is -2.65. The Bertz CT molecular complexity index is 1560. The predicted molar refractivity (Wildman–Crippen MR) is 182 cm³/mol. The Hall–Kier alpha value is -2.89. The van der Waals surface area contributed by atoms with Crippen LogP contribution in [0.3, 0.4) is 0 Å². The van der Waals surface area contributed by atoms with Crippen LogP contribution in [-0.2, 0) is 25.4 Å². The average Bonchev–Trinajstić information content (AvgIpc) is 3.70. The van der Waals surface area contributed by atoms with Crippen molar-refractivity contribution in [3.8, 4) is 0 Å². The number of amides is 2. The van der Waals surface area contributed by atoms with Crippen molar-refractivity contribution in [2.24, 2.45) is 28.3 Å². The fraction of sp³-hybridized carbons (Fsp3) is 0.657. The molecule has 5 aliphatic rings. The van der Waals surface area contributed by atoms with Crippen LogP contribution in [-0.4, -0.2) is 64.2 Å². The van der Waals surface area contributed by atoms with Crippen molar-refractivity contribution >= 4 is 36.2 Å². The van der Waals surface area contributed by atoms with Crippen molar-refractivity contribution in [2.75, 3.05) is 6.54 Å². The molecule has 2 aliphatic heterocycles. The first kappa shape index (κ1) is 34.0. The molecule has 3 aliphatic carbocycles. The van der Waals surface area contributed by atoms with Crippen molar-refractivity contribution < 1.29 is 23.7 Å². The van der Waals surface area contributed by atoms with Gasteiger partial charge in [0.1, 0.15) is 5.69 Å². The molecular formula is C35H49BClN5O5. The summed E-state index contributed by atoms with van der Waals surface area (Å²) in [7, 11) is -0.565. The van der Waals surface area contributed by atoms with Crippen molar-refractivity contribution in [1.29, 1.82) is 0 Å². The van der Waals surface area contributed by atoms with Crippen LogP contribution in [0, 0.1) is 30.1 Å². The molecule has 2 aromatic rings. The number of halogens is 1. The van der Waals surface area contributed by atoms with Crippen LogP contribution in [0.2, 0.25) is 5.02 Å². The lowest BCUT2D eigenvalue weighted by molar-refractivity contribution is -0.199. The summed E-state index contributed by atoms with van der Waals surface area (Å²) in [5, 5.41) is 15.6. The molecule has 254 valence electrons. The molecule has 3 heterocycles. The number of rotatable bonds is 11. The van der Waals surface area contributed by atoms with E-state index >= 15 is 0 Å². The number of hydrogen-bond acceptors (Lipinski definition) is 7. The van der Waals surface area contributed by atoms with Crippen molar-refractivity contribution in [3.05, 3.63) is 52.3 Å². The maximum Gasteiger partial charge on any atom is 0.481 e. The zero-order valence-electron chi connectivity index (χ0n) is 28.9. The molecule has 1 aromatic carbocycles. The molecule has 0 radical (unpaired) electrons. The zero-order valence-corrected chi connectivity index (χ0v) is 29.7. The summed E-state index contributed by atoms with van der Waals surface area (Å²) in [6.07, 6.45) is 3.27. The molecule has 2 amide bonds. The lowest BCUT2D eigenvalue weighted by atomic mass is 9.43. The molecule has 0 spiro atoms. The summed E-state index contributed by atoms with van der Waals surface area (Å²) in [6, 6.07) is 9.21. The number of benzene rings is 1. The maximum atomic E-state index is 14.5. The van der Waals surface area contributed by atoms with Gasteiger partial charge in [0.15, 0.2) is 0 Å². The van der Waals surface area contributed by atoms with E-state index in [0.29, 0.717) is 34.7 Å². The maximum absolute atomic E-state index is 14.5. The third-order valence-electron chi connectivity index (χ3n) is 11.0. The zero-order chi connectivity index (χ0) is 33.9. The fourth-order valence-corrected chi connectivity index (χ4v) is 8.60. The van der Waals surface area contributed by atoms with Crippen LogP contribution in [0.4, 0.5) is 0 Å². The molecule has 2 N–H and O–H groups in total. The highest BCUT2D eigenvalue weighted by Gasteiger charge is 2.68. The Labute approximate surface area is 283 Å². The lowest BCUT2D eigenvalue weighted by Gasteiger charge is -2.64. The van der Waals surface area contributed by atoms with E-state index in [1.165, 1.54) is 0 Å². The molecule has 1 unspecified atom stereocenters. The number of hydrogen-bond donors (Lipinski definition) is 2. The van der Waals surface area contributed by atoms with E-state index in [-0.39, 0.29) is 66.2 Å². The summed E-state index contributed by atoms with van der Waals surface area (Å²) < 4.78 is 15.1. The normalized spacial score (nSPS) is 29.6. The number of carbonyl (C=O) groups excluding carboxylic acids is 2. The van der Waals surface area contributed by atoms with Gasteiger partial charge in [0, 0.05) is 23.9 Å². The highest BCUT2D eigenvalue weighted by atomic mass is 35.5. The first-order valence-corrected chi connectivity index (χ1v) is 17.5. The second-order valence-corrected chi connectivity index (χ2v) is 16.1. The number of nitrogens with one attached hydrogen (secondary N) is 2. The smallest absolute Gasteiger partial charge is 0.404 e. The Morgan fingerprint density at radius 3 is 2.60 bits per heavy atom. The van der Waals surface area contributed by atoms with Gasteiger partial charge in [-0.15, -0.1) is 0 Å². The Morgan fingerprint density at radius 2 is 1.91 bits per heavy atom. The summed E-state index contributed by atoms with van der Waals surface area (Å²) in [5.74, 6) is 0.395. The number of aryl methyl sites for hydroxylation is 1. The Morgan fingerprint density at radius 1 is 1.15 bits per heavy atom. The largest absolute Gasteiger partial charge is 0.481 e. The average molecular weight is 666 g/mol. The number of aromatic nitrogens is 2. The van der Waals surface area contributed by atoms with Crippen molar-refractivity contribution in [3.63, 3.8) is 0 Å². The highest BCUT2D eigenvalue weighted by Crippen LogP contribution is 2.65. The van der Waals surface area contributed by atoms with Gasteiger partial charge in [-0.2, -0.15) is 5.10 Å². The molecule has 3 saturated carbocycles. The molecule has 4 fully saturated rings. The van der Waals surface area contributed by atoms with Gasteiger partial charge in [0.05, 0.1) is 35.6 Å². The van der Waals surface area contributed by atoms with Crippen LogP contribution in [0.5, 0.6) is 0 Å². The molecular weight excluding hydrogens is 617 g/mol. The van der Waals surface area contributed by atoms with Crippen LogP contribution >= 0.6 is 11.6 Å². The minimum absolute atomic E-state index is 0.00771. The summed E-state index contributed by atoms with van der Waals surface area (Å²) in [6.45, 7) is 17.1. The SMILES string of the molecule is Cc1cc(C(=O)NCC2=NOC(Cc3cccc(Cl)c3)(C(=O)N[C@@H](CC(C)C)B3O[C@@H]4C[C@@H]5C[C@@H](C5(C)C)[C@]4(C)O3)C2)n(C(C)C)n1. The first-order valence-electron chi connectivity index (χ1n) is 17.1. The molecule has 1 saturated heterocycles. The second kappa shape index (κ2) is 12.5. The van der Waals surface area contributed by atoms with Gasteiger partial charge in [-0.25, -0.2) is 0 Å². The van der Waals surface area contributed by atoms with Crippen LogP contribution in [0.15, 0.2) is 35.5 Å². The highest BCUT2D eigenvalue weighted by molar-refractivity contribution is 6.48. The summed E-state index contributed by atoms with van der Waals surface area (Å²) in [5.41, 5.74) is 1.15. The van der Waals surface area contributed by atoms with Gasteiger partial charge in [0.25, 0.3) is 11.8 Å². The summed E-state index contributed by atoms with van der Waals surface area (Å²) >= 11 is 6.34. The Balaban J connectivity index is 1.19.